The predicted molar refractivity (Wildman–Crippen MR) is 130 cm³/mol. The number of amides is 1. The minimum absolute atomic E-state index is 0.273. The lowest BCUT2D eigenvalue weighted by molar-refractivity contribution is 0.102. The maximum atomic E-state index is 12.9. The molecule has 32 heavy (non-hydrogen) atoms. The number of nitrogens with zero attached hydrogens (tertiary/aromatic N) is 3. The molecule has 9 heteroatoms. The van der Waals surface area contributed by atoms with Crippen LogP contribution in [0.15, 0.2) is 53.4 Å². The number of H-pyrrole nitrogens is 1. The highest BCUT2D eigenvalue weighted by Crippen LogP contribution is 2.33. The zero-order valence-electron chi connectivity index (χ0n) is 17.6. The molecule has 0 unspecified atom stereocenters. The van der Waals surface area contributed by atoms with Crippen molar-refractivity contribution in [1.29, 1.82) is 0 Å². The average Bonchev–Trinajstić information content (AvgIpc) is 3.58. The van der Waals surface area contributed by atoms with E-state index in [0.717, 1.165) is 44.8 Å². The van der Waals surface area contributed by atoms with E-state index in [1.165, 1.54) is 11.3 Å². The van der Waals surface area contributed by atoms with E-state index < -0.39 is 0 Å². The molecule has 5 rings (SSSR count). The van der Waals surface area contributed by atoms with Crippen molar-refractivity contribution in [2.45, 2.75) is 13.5 Å². The molecule has 1 amide bonds. The fourth-order valence-corrected chi connectivity index (χ4v) is 5.20. The average molecular weight is 464 g/mol. The quantitative estimate of drug-likeness (QED) is 0.337. The Labute approximate surface area is 192 Å². The SMILES string of the molecule is COCCn1cc(-c2csc(NC(=O)c3n[nH]c(-c4cccs4)c3C)n2)c2ccccc21. The molecule has 0 spiro atoms. The van der Waals surface area contributed by atoms with Crippen LogP contribution in [0.2, 0.25) is 0 Å². The maximum Gasteiger partial charge on any atom is 0.278 e. The number of carbonyl (C=O) groups excluding carboxylic acids is 1. The van der Waals surface area contributed by atoms with Gasteiger partial charge in [0.15, 0.2) is 10.8 Å². The minimum atomic E-state index is -0.273. The van der Waals surface area contributed by atoms with Crippen molar-refractivity contribution < 1.29 is 9.53 Å². The third kappa shape index (κ3) is 3.75. The highest BCUT2D eigenvalue weighted by atomic mass is 32.1. The standard InChI is InChI=1S/C23H21N5O2S2/c1-14-20(19-8-5-11-31-19)26-27-21(14)22(29)25-23-24-17(13-32-23)16-12-28(9-10-30-2)18-7-4-3-6-15(16)18/h3-8,11-13H,9-10H2,1-2H3,(H,26,27)(H,24,25,29). The molecule has 0 bridgehead atoms. The second-order valence-corrected chi connectivity index (χ2v) is 9.09. The smallest absolute Gasteiger partial charge is 0.278 e. The van der Waals surface area contributed by atoms with E-state index in [-0.39, 0.29) is 5.91 Å². The highest BCUT2D eigenvalue weighted by Gasteiger charge is 2.20. The van der Waals surface area contributed by atoms with Crippen molar-refractivity contribution in [3.8, 4) is 21.8 Å². The summed E-state index contributed by atoms with van der Waals surface area (Å²) in [7, 11) is 1.70. The van der Waals surface area contributed by atoms with Crippen LogP contribution < -0.4 is 5.32 Å². The molecule has 0 fully saturated rings. The number of benzene rings is 1. The van der Waals surface area contributed by atoms with Crippen LogP contribution in [0.25, 0.3) is 32.7 Å². The number of fused-ring (bicyclic) bond motifs is 1. The van der Waals surface area contributed by atoms with Gasteiger partial charge in [0.2, 0.25) is 0 Å². The number of para-hydroxylation sites is 1. The summed E-state index contributed by atoms with van der Waals surface area (Å²) < 4.78 is 7.42. The Hall–Kier alpha value is -3.27. The van der Waals surface area contributed by atoms with E-state index in [2.05, 4.69) is 43.4 Å². The number of nitrogens with one attached hydrogen (secondary N) is 2. The van der Waals surface area contributed by atoms with E-state index in [1.54, 1.807) is 18.4 Å². The Kier molecular flexibility index (Phi) is 5.60. The summed E-state index contributed by atoms with van der Waals surface area (Å²) >= 11 is 3.01. The van der Waals surface area contributed by atoms with Crippen LogP contribution in [0.1, 0.15) is 16.1 Å². The van der Waals surface area contributed by atoms with Crippen molar-refractivity contribution in [3.63, 3.8) is 0 Å². The van der Waals surface area contributed by atoms with Gasteiger partial charge in [-0.05, 0) is 24.4 Å². The van der Waals surface area contributed by atoms with Gasteiger partial charge < -0.3 is 9.30 Å². The van der Waals surface area contributed by atoms with Crippen LogP contribution in [-0.2, 0) is 11.3 Å². The number of methoxy groups -OCH3 is 1. The molecule has 1 aromatic carbocycles. The highest BCUT2D eigenvalue weighted by molar-refractivity contribution is 7.14. The first-order chi connectivity index (χ1) is 15.7. The number of aromatic nitrogens is 4. The molecule has 0 atom stereocenters. The first-order valence-electron chi connectivity index (χ1n) is 10.1. The van der Waals surface area contributed by atoms with Gasteiger partial charge in [-0.25, -0.2) is 4.98 Å². The largest absolute Gasteiger partial charge is 0.383 e. The van der Waals surface area contributed by atoms with Crippen molar-refractivity contribution in [1.82, 2.24) is 19.7 Å². The van der Waals surface area contributed by atoms with Crippen LogP contribution in [0.3, 0.4) is 0 Å². The summed E-state index contributed by atoms with van der Waals surface area (Å²) in [6.07, 6.45) is 2.09. The number of thiazole rings is 1. The molecule has 7 nitrogen and oxygen atoms in total. The molecule has 0 aliphatic rings. The Morgan fingerprint density at radius 1 is 1.22 bits per heavy atom. The summed E-state index contributed by atoms with van der Waals surface area (Å²) in [5, 5.41) is 15.7. The van der Waals surface area contributed by atoms with Crippen LogP contribution in [0.5, 0.6) is 0 Å². The molecule has 4 aromatic heterocycles. The van der Waals surface area contributed by atoms with E-state index in [9.17, 15) is 4.79 Å². The van der Waals surface area contributed by atoms with E-state index in [4.69, 9.17) is 4.74 Å². The molecule has 0 aliphatic heterocycles. The van der Waals surface area contributed by atoms with Crippen LogP contribution >= 0.6 is 22.7 Å². The van der Waals surface area contributed by atoms with Crippen molar-refractivity contribution >= 4 is 44.6 Å². The van der Waals surface area contributed by atoms with Gasteiger partial charge in [0.1, 0.15) is 0 Å². The van der Waals surface area contributed by atoms with Gasteiger partial charge in [-0.1, -0.05) is 24.3 Å². The van der Waals surface area contributed by atoms with Gasteiger partial charge in [0.25, 0.3) is 5.91 Å². The van der Waals surface area contributed by atoms with Crippen molar-refractivity contribution in [3.05, 3.63) is 64.6 Å². The first kappa shape index (κ1) is 20.6. The molecule has 0 saturated carbocycles. The lowest BCUT2D eigenvalue weighted by atomic mass is 10.1. The van der Waals surface area contributed by atoms with Crippen LogP contribution in [-0.4, -0.2) is 39.4 Å². The van der Waals surface area contributed by atoms with Crippen LogP contribution in [0, 0.1) is 6.92 Å². The second kappa shape index (κ2) is 8.70. The number of thiophene rings is 1. The van der Waals surface area contributed by atoms with Gasteiger partial charge >= 0.3 is 0 Å². The van der Waals surface area contributed by atoms with Gasteiger partial charge in [-0.3, -0.25) is 15.2 Å². The number of aromatic amines is 1. The number of hydrogen-bond donors (Lipinski definition) is 2. The molecule has 4 heterocycles. The zero-order valence-corrected chi connectivity index (χ0v) is 19.2. The monoisotopic (exact) mass is 463 g/mol. The molecule has 2 N–H and O–H groups in total. The Morgan fingerprint density at radius 2 is 2.09 bits per heavy atom. The zero-order chi connectivity index (χ0) is 22.1. The van der Waals surface area contributed by atoms with E-state index in [1.807, 2.05) is 41.9 Å². The number of ether oxygens (including phenoxy) is 1. The summed E-state index contributed by atoms with van der Waals surface area (Å²) in [5.74, 6) is -0.273. The normalized spacial score (nSPS) is 11.3. The summed E-state index contributed by atoms with van der Waals surface area (Å²) in [5.41, 5.74) is 5.06. The van der Waals surface area contributed by atoms with Gasteiger partial charge in [-0.15, -0.1) is 22.7 Å². The summed E-state index contributed by atoms with van der Waals surface area (Å²) in [6.45, 7) is 3.29. The molecule has 162 valence electrons. The predicted octanol–water partition coefficient (Wildman–Crippen LogP) is 5.42. The lowest BCUT2D eigenvalue weighted by Gasteiger charge is -2.03. The van der Waals surface area contributed by atoms with Gasteiger partial charge in [0.05, 0.1) is 22.9 Å². The first-order valence-corrected chi connectivity index (χ1v) is 11.8. The van der Waals surface area contributed by atoms with Crippen molar-refractivity contribution in [2.75, 3.05) is 19.0 Å². The molecule has 0 aliphatic carbocycles. The van der Waals surface area contributed by atoms with Gasteiger partial charge in [-0.2, -0.15) is 5.10 Å². The van der Waals surface area contributed by atoms with Gasteiger partial charge in [0, 0.05) is 47.3 Å². The Bertz CT molecular complexity index is 1380. The molecule has 0 saturated heterocycles. The molecular formula is C23H21N5O2S2. The topological polar surface area (TPSA) is 84.8 Å². The number of hydrogen-bond acceptors (Lipinski definition) is 6. The Balaban J connectivity index is 1.40. The number of rotatable bonds is 7. The fourth-order valence-electron chi connectivity index (χ4n) is 3.72. The minimum Gasteiger partial charge on any atom is -0.383 e. The van der Waals surface area contributed by atoms with Crippen LogP contribution in [0.4, 0.5) is 5.13 Å². The third-order valence-electron chi connectivity index (χ3n) is 5.32. The molecule has 0 radical (unpaired) electrons. The number of anilines is 1. The second-order valence-electron chi connectivity index (χ2n) is 7.29. The maximum absolute atomic E-state index is 12.9. The third-order valence-corrected chi connectivity index (χ3v) is 6.96. The van der Waals surface area contributed by atoms with E-state index in [0.29, 0.717) is 17.4 Å². The molecular weight excluding hydrogens is 442 g/mol. The van der Waals surface area contributed by atoms with Crippen molar-refractivity contribution in [2.24, 2.45) is 0 Å². The summed E-state index contributed by atoms with van der Waals surface area (Å²) in [6, 6.07) is 12.2. The fraction of sp³-hybridized carbons (Fsp3) is 0.174. The van der Waals surface area contributed by atoms with E-state index >= 15 is 0 Å². The lowest BCUT2D eigenvalue weighted by Crippen LogP contribution is -2.13. The summed E-state index contributed by atoms with van der Waals surface area (Å²) in [4.78, 5) is 18.6. The number of carbonyl (C=O) groups is 1. The Morgan fingerprint density at radius 3 is 2.91 bits per heavy atom. The molecule has 5 aromatic rings.